The van der Waals surface area contributed by atoms with Gasteiger partial charge < -0.3 is 10.2 Å². The molecule has 116 valence electrons. The molecule has 1 heterocycles. The summed E-state index contributed by atoms with van der Waals surface area (Å²) >= 11 is 0. The van der Waals surface area contributed by atoms with Crippen LogP contribution >= 0.6 is 0 Å². The minimum absolute atomic E-state index is 0.0237. The van der Waals surface area contributed by atoms with Crippen LogP contribution in [-0.2, 0) is 6.54 Å². The molecule has 0 aliphatic rings. The lowest BCUT2D eigenvalue weighted by molar-refractivity contribution is 0.0793. The second-order valence-corrected chi connectivity index (χ2v) is 5.35. The first-order chi connectivity index (χ1) is 10.7. The zero-order valence-corrected chi connectivity index (χ0v) is 13.2. The van der Waals surface area contributed by atoms with Gasteiger partial charge in [-0.05, 0) is 24.1 Å². The van der Waals surface area contributed by atoms with Crippen LogP contribution in [0.1, 0.15) is 35.7 Å². The Morgan fingerprint density at radius 2 is 1.95 bits per heavy atom. The molecule has 0 atom stereocenters. The molecule has 2 rings (SSSR count). The van der Waals surface area contributed by atoms with Crippen LogP contribution in [0.5, 0.6) is 0 Å². The second-order valence-electron chi connectivity index (χ2n) is 5.35. The zero-order valence-electron chi connectivity index (χ0n) is 13.2. The Labute approximate surface area is 132 Å². The molecule has 0 aliphatic carbocycles. The largest absolute Gasteiger partial charge is 0.366 e. The summed E-state index contributed by atoms with van der Waals surface area (Å²) in [7, 11) is 1.83. The van der Waals surface area contributed by atoms with Gasteiger partial charge in [0, 0.05) is 26.3 Å². The molecule has 1 N–H and O–H groups in total. The van der Waals surface area contributed by atoms with E-state index < -0.39 is 0 Å². The van der Waals surface area contributed by atoms with Gasteiger partial charge in [-0.1, -0.05) is 43.7 Å². The smallest absolute Gasteiger partial charge is 0.255 e. The van der Waals surface area contributed by atoms with Crippen molar-refractivity contribution in [3.63, 3.8) is 0 Å². The van der Waals surface area contributed by atoms with Gasteiger partial charge in [-0.2, -0.15) is 0 Å². The first kappa shape index (κ1) is 16.0. The molecule has 0 unspecified atom stereocenters. The van der Waals surface area contributed by atoms with Crippen molar-refractivity contribution in [1.29, 1.82) is 0 Å². The number of rotatable bonds is 7. The van der Waals surface area contributed by atoms with Crippen LogP contribution in [0.2, 0.25) is 0 Å². The van der Waals surface area contributed by atoms with E-state index in [1.807, 2.05) is 37.4 Å². The average molecular weight is 297 g/mol. The summed E-state index contributed by atoms with van der Waals surface area (Å²) in [5.74, 6) is 0.798. The molecule has 4 heteroatoms. The predicted molar refractivity (Wildman–Crippen MR) is 89.9 cm³/mol. The zero-order chi connectivity index (χ0) is 15.8. The number of nitrogens with one attached hydrogen (secondary N) is 1. The van der Waals surface area contributed by atoms with Gasteiger partial charge in [0.25, 0.3) is 5.91 Å². The molecule has 0 saturated carbocycles. The number of amides is 1. The van der Waals surface area contributed by atoms with Crippen LogP contribution in [0, 0.1) is 0 Å². The summed E-state index contributed by atoms with van der Waals surface area (Å²) in [6.07, 6.45) is 3.74. The number of hydrogen-bond donors (Lipinski definition) is 1. The van der Waals surface area contributed by atoms with Crippen molar-refractivity contribution in [3.8, 4) is 0 Å². The Hall–Kier alpha value is -2.36. The van der Waals surface area contributed by atoms with E-state index in [1.165, 1.54) is 5.56 Å². The SMILES string of the molecule is CCCCN(C)C(=O)c1ccc(NCc2ccccc2)nc1. The third-order valence-corrected chi connectivity index (χ3v) is 3.52. The number of carbonyl (C=O) groups is 1. The van der Waals surface area contributed by atoms with E-state index in [2.05, 4.69) is 29.4 Å². The standard InChI is InChI=1S/C18H23N3O/c1-3-4-12-21(2)18(22)16-10-11-17(20-14-16)19-13-15-8-6-5-7-9-15/h5-11,14H,3-4,12-13H2,1-2H3,(H,19,20). The third kappa shape index (κ3) is 4.58. The fourth-order valence-electron chi connectivity index (χ4n) is 2.13. The number of anilines is 1. The Morgan fingerprint density at radius 1 is 1.18 bits per heavy atom. The summed E-state index contributed by atoms with van der Waals surface area (Å²) in [6, 6.07) is 13.8. The molecule has 1 amide bonds. The molecular weight excluding hydrogens is 274 g/mol. The number of nitrogens with zero attached hydrogens (tertiary/aromatic N) is 2. The molecule has 0 bridgehead atoms. The maximum Gasteiger partial charge on any atom is 0.255 e. The molecule has 0 spiro atoms. The molecule has 4 nitrogen and oxygen atoms in total. The fourth-order valence-corrected chi connectivity index (χ4v) is 2.13. The molecule has 0 saturated heterocycles. The highest BCUT2D eigenvalue weighted by molar-refractivity contribution is 5.93. The van der Waals surface area contributed by atoms with Crippen molar-refractivity contribution in [2.75, 3.05) is 18.9 Å². The number of hydrogen-bond acceptors (Lipinski definition) is 3. The monoisotopic (exact) mass is 297 g/mol. The topological polar surface area (TPSA) is 45.2 Å². The van der Waals surface area contributed by atoms with Crippen LogP contribution in [-0.4, -0.2) is 29.4 Å². The predicted octanol–water partition coefficient (Wildman–Crippen LogP) is 3.57. The highest BCUT2D eigenvalue weighted by Crippen LogP contribution is 2.09. The van der Waals surface area contributed by atoms with Gasteiger partial charge in [0.05, 0.1) is 5.56 Å². The summed E-state index contributed by atoms with van der Waals surface area (Å²) in [6.45, 7) is 3.62. The lowest BCUT2D eigenvalue weighted by Gasteiger charge is -2.16. The molecular formula is C18H23N3O. The lowest BCUT2D eigenvalue weighted by Crippen LogP contribution is -2.27. The second kappa shape index (κ2) is 8.17. The van der Waals surface area contributed by atoms with Crippen molar-refractivity contribution < 1.29 is 4.79 Å². The summed E-state index contributed by atoms with van der Waals surface area (Å²) < 4.78 is 0. The average Bonchev–Trinajstić information content (AvgIpc) is 2.58. The number of carbonyl (C=O) groups excluding carboxylic acids is 1. The first-order valence-electron chi connectivity index (χ1n) is 7.70. The minimum atomic E-state index is 0.0237. The molecule has 0 radical (unpaired) electrons. The van der Waals surface area contributed by atoms with Gasteiger partial charge in [0.15, 0.2) is 0 Å². The van der Waals surface area contributed by atoms with Gasteiger partial charge in [-0.3, -0.25) is 4.79 Å². The van der Waals surface area contributed by atoms with Crippen molar-refractivity contribution in [2.24, 2.45) is 0 Å². The number of pyridine rings is 1. The normalized spacial score (nSPS) is 10.3. The molecule has 0 aliphatic heterocycles. The van der Waals surface area contributed by atoms with Crippen molar-refractivity contribution in [1.82, 2.24) is 9.88 Å². The highest BCUT2D eigenvalue weighted by atomic mass is 16.2. The Bertz CT molecular complexity index is 581. The van der Waals surface area contributed by atoms with E-state index in [0.717, 1.165) is 31.7 Å². The van der Waals surface area contributed by atoms with Crippen molar-refractivity contribution in [3.05, 3.63) is 59.8 Å². The number of benzene rings is 1. The Balaban J connectivity index is 1.91. The maximum absolute atomic E-state index is 12.2. The Kier molecular flexibility index (Phi) is 5.95. The van der Waals surface area contributed by atoms with E-state index in [4.69, 9.17) is 0 Å². The van der Waals surface area contributed by atoms with Gasteiger partial charge in [0.1, 0.15) is 5.82 Å². The molecule has 1 aromatic heterocycles. The quantitative estimate of drug-likeness (QED) is 0.850. The highest BCUT2D eigenvalue weighted by Gasteiger charge is 2.11. The first-order valence-corrected chi connectivity index (χ1v) is 7.70. The number of aromatic nitrogens is 1. The van der Waals surface area contributed by atoms with E-state index in [0.29, 0.717) is 5.56 Å². The van der Waals surface area contributed by atoms with Gasteiger partial charge in [-0.25, -0.2) is 4.98 Å². The van der Waals surface area contributed by atoms with Crippen molar-refractivity contribution in [2.45, 2.75) is 26.3 Å². The summed E-state index contributed by atoms with van der Waals surface area (Å²) in [5, 5.41) is 3.25. The van der Waals surface area contributed by atoms with E-state index in [9.17, 15) is 4.79 Å². The molecule has 0 fully saturated rings. The van der Waals surface area contributed by atoms with Crippen LogP contribution in [0.25, 0.3) is 0 Å². The van der Waals surface area contributed by atoms with E-state index in [1.54, 1.807) is 11.1 Å². The molecule has 22 heavy (non-hydrogen) atoms. The molecule has 2 aromatic rings. The minimum Gasteiger partial charge on any atom is -0.366 e. The molecule has 1 aromatic carbocycles. The van der Waals surface area contributed by atoms with Gasteiger partial charge >= 0.3 is 0 Å². The Morgan fingerprint density at radius 3 is 2.59 bits per heavy atom. The van der Waals surface area contributed by atoms with Crippen LogP contribution in [0.4, 0.5) is 5.82 Å². The van der Waals surface area contributed by atoms with Crippen molar-refractivity contribution >= 4 is 11.7 Å². The summed E-state index contributed by atoms with van der Waals surface area (Å²) in [4.78, 5) is 18.3. The van der Waals surface area contributed by atoms with Crippen LogP contribution in [0.15, 0.2) is 48.7 Å². The lowest BCUT2D eigenvalue weighted by atomic mass is 10.2. The van der Waals surface area contributed by atoms with Gasteiger partial charge in [-0.15, -0.1) is 0 Å². The third-order valence-electron chi connectivity index (χ3n) is 3.52. The van der Waals surface area contributed by atoms with Crippen LogP contribution < -0.4 is 5.32 Å². The maximum atomic E-state index is 12.2. The van der Waals surface area contributed by atoms with E-state index >= 15 is 0 Å². The summed E-state index contributed by atoms with van der Waals surface area (Å²) in [5.41, 5.74) is 1.83. The number of unbranched alkanes of at least 4 members (excludes halogenated alkanes) is 1. The fraction of sp³-hybridized carbons (Fsp3) is 0.333. The van der Waals surface area contributed by atoms with Crippen LogP contribution in [0.3, 0.4) is 0 Å². The van der Waals surface area contributed by atoms with Gasteiger partial charge in [0.2, 0.25) is 0 Å². The van der Waals surface area contributed by atoms with E-state index in [-0.39, 0.29) is 5.91 Å².